The molecule has 1 saturated carbocycles. The number of thioether (sulfide) groups is 1. The molecule has 1 rings (SSSR count). The van der Waals surface area contributed by atoms with Gasteiger partial charge in [-0.1, -0.05) is 12.8 Å². The van der Waals surface area contributed by atoms with Crippen molar-refractivity contribution in [2.45, 2.75) is 56.7 Å². The predicted octanol–water partition coefficient (Wildman–Crippen LogP) is 2.17. The van der Waals surface area contributed by atoms with Gasteiger partial charge in [0.15, 0.2) is 0 Å². The fraction of sp³-hybridized carbons (Fsp3) is 0.923. The topological polar surface area (TPSA) is 41.1 Å². The van der Waals surface area contributed by atoms with Gasteiger partial charge in [-0.25, -0.2) is 0 Å². The van der Waals surface area contributed by atoms with Gasteiger partial charge in [-0.3, -0.25) is 4.79 Å². The highest BCUT2D eigenvalue weighted by molar-refractivity contribution is 8.00. The molecule has 2 N–H and O–H groups in total. The van der Waals surface area contributed by atoms with Crippen LogP contribution in [0.5, 0.6) is 0 Å². The van der Waals surface area contributed by atoms with E-state index in [2.05, 4.69) is 16.9 Å². The molecule has 0 aromatic rings. The lowest BCUT2D eigenvalue weighted by Gasteiger charge is -2.27. The maximum absolute atomic E-state index is 11.4. The average Bonchev–Trinajstić information content (AvgIpc) is 2.73. The van der Waals surface area contributed by atoms with Crippen LogP contribution in [0.3, 0.4) is 0 Å². The summed E-state index contributed by atoms with van der Waals surface area (Å²) in [6.07, 6.45) is 8.15. The first-order chi connectivity index (χ1) is 8.08. The van der Waals surface area contributed by atoms with Crippen LogP contribution in [0.2, 0.25) is 0 Å². The van der Waals surface area contributed by atoms with E-state index in [0.29, 0.717) is 11.2 Å². The van der Waals surface area contributed by atoms with Crippen molar-refractivity contribution in [3.63, 3.8) is 0 Å². The molecule has 1 aliphatic carbocycles. The first-order valence-corrected chi connectivity index (χ1v) is 7.86. The van der Waals surface area contributed by atoms with Crippen molar-refractivity contribution in [2.75, 3.05) is 19.3 Å². The van der Waals surface area contributed by atoms with Crippen LogP contribution in [0.1, 0.15) is 46.0 Å². The van der Waals surface area contributed by atoms with Gasteiger partial charge in [-0.15, -0.1) is 0 Å². The Morgan fingerprint density at radius 2 is 2.00 bits per heavy atom. The number of rotatable bonds is 7. The molecule has 0 saturated heterocycles. The van der Waals surface area contributed by atoms with Crippen molar-refractivity contribution in [1.82, 2.24) is 10.6 Å². The average molecular weight is 258 g/mol. The summed E-state index contributed by atoms with van der Waals surface area (Å²) in [5, 5.41) is 6.35. The van der Waals surface area contributed by atoms with Gasteiger partial charge >= 0.3 is 0 Å². The molecule has 0 bridgehead atoms. The Balaban J connectivity index is 2.13. The minimum absolute atomic E-state index is 0.150. The van der Waals surface area contributed by atoms with Crippen molar-refractivity contribution in [3.05, 3.63) is 0 Å². The first kappa shape index (κ1) is 14.8. The summed E-state index contributed by atoms with van der Waals surface area (Å²) in [5.41, 5.74) is 0. The Kier molecular flexibility index (Phi) is 6.34. The number of hydrogen-bond donors (Lipinski definition) is 2. The molecule has 0 heterocycles. The van der Waals surface area contributed by atoms with E-state index in [-0.39, 0.29) is 11.9 Å². The maximum Gasteiger partial charge on any atom is 0.221 e. The van der Waals surface area contributed by atoms with E-state index in [1.165, 1.54) is 25.7 Å². The molecule has 100 valence electrons. The zero-order valence-corrected chi connectivity index (χ0v) is 12.2. The molecule has 4 heteroatoms. The van der Waals surface area contributed by atoms with Gasteiger partial charge in [0.2, 0.25) is 5.91 Å². The Hall–Kier alpha value is -0.220. The molecule has 0 atom stereocenters. The Morgan fingerprint density at radius 1 is 1.35 bits per heavy atom. The number of nitrogens with one attached hydrogen (secondary N) is 2. The summed E-state index contributed by atoms with van der Waals surface area (Å²) in [4.78, 5) is 11.4. The largest absolute Gasteiger partial charge is 0.354 e. The van der Waals surface area contributed by atoms with E-state index in [4.69, 9.17) is 0 Å². The lowest BCUT2D eigenvalue weighted by molar-refractivity contribution is -0.121. The van der Waals surface area contributed by atoms with Crippen LogP contribution in [0.25, 0.3) is 0 Å². The second-order valence-electron chi connectivity index (χ2n) is 5.24. The van der Waals surface area contributed by atoms with Crippen molar-refractivity contribution >= 4 is 17.7 Å². The molecule has 1 aliphatic rings. The Bertz CT molecular complexity index is 238. The zero-order chi connectivity index (χ0) is 12.7. The van der Waals surface area contributed by atoms with E-state index in [9.17, 15) is 4.79 Å². The summed E-state index contributed by atoms with van der Waals surface area (Å²) in [6.45, 7) is 5.82. The smallest absolute Gasteiger partial charge is 0.221 e. The molecule has 0 radical (unpaired) electrons. The molecule has 0 aliphatic heterocycles. The lowest BCUT2D eigenvalue weighted by atomic mass is 10.1. The fourth-order valence-electron chi connectivity index (χ4n) is 2.38. The number of hydrogen-bond acceptors (Lipinski definition) is 3. The van der Waals surface area contributed by atoms with Crippen LogP contribution in [0.15, 0.2) is 0 Å². The second-order valence-corrected chi connectivity index (χ2v) is 6.52. The summed E-state index contributed by atoms with van der Waals surface area (Å²) < 4.78 is 0.439. The summed E-state index contributed by atoms with van der Waals surface area (Å²) >= 11 is 1.99. The van der Waals surface area contributed by atoms with Gasteiger partial charge in [0, 0.05) is 30.3 Å². The number of carbonyl (C=O) groups is 1. The van der Waals surface area contributed by atoms with Gasteiger partial charge in [-0.05, 0) is 32.9 Å². The SMILES string of the molecule is CSC1(CNCCC(=O)NC(C)C)CCCC1. The van der Waals surface area contributed by atoms with Crippen molar-refractivity contribution in [1.29, 1.82) is 0 Å². The van der Waals surface area contributed by atoms with E-state index < -0.39 is 0 Å². The van der Waals surface area contributed by atoms with E-state index >= 15 is 0 Å². The molecule has 0 spiro atoms. The summed E-state index contributed by atoms with van der Waals surface area (Å²) in [5.74, 6) is 0.150. The Morgan fingerprint density at radius 3 is 2.53 bits per heavy atom. The van der Waals surface area contributed by atoms with Crippen LogP contribution in [-0.4, -0.2) is 36.0 Å². The molecular formula is C13H26N2OS. The van der Waals surface area contributed by atoms with E-state index in [0.717, 1.165) is 13.1 Å². The van der Waals surface area contributed by atoms with Crippen LogP contribution in [0.4, 0.5) is 0 Å². The lowest BCUT2D eigenvalue weighted by Crippen LogP contribution is -2.38. The number of amides is 1. The molecule has 1 fully saturated rings. The molecule has 0 aromatic carbocycles. The highest BCUT2D eigenvalue weighted by Crippen LogP contribution is 2.39. The Labute approximate surface area is 109 Å². The van der Waals surface area contributed by atoms with Gasteiger partial charge in [0.1, 0.15) is 0 Å². The third-order valence-corrected chi connectivity index (χ3v) is 4.79. The third kappa shape index (κ3) is 5.30. The van der Waals surface area contributed by atoms with E-state index in [1.54, 1.807) is 0 Å². The normalized spacial score (nSPS) is 18.6. The van der Waals surface area contributed by atoms with Crippen LogP contribution in [0, 0.1) is 0 Å². The van der Waals surface area contributed by atoms with Gasteiger partial charge in [-0.2, -0.15) is 11.8 Å². The van der Waals surface area contributed by atoms with Gasteiger partial charge in [0.25, 0.3) is 0 Å². The fourth-order valence-corrected chi connectivity index (χ4v) is 3.33. The molecule has 17 heavy (non-hydrogen) atoms. The van der Waals surface area contributed by atoms with Crippen molar-refractivity contribution < 1.29 is 4.79 Å². The monoisotopic (exact) mass is 258 g/mol. The summed E-state index contributed by atoms with van der Waals surface area (Å²) in [7, 11) is 0. The van der Waals surface area contributed by atoms with Gasteiger partial charge < -0.3 is 10.6 Å². The van der Waals surface area contributed by atoms with Crippen molar-refractivity contribution in [3.8, 4) is 0 Å². The van der Waals surface area contributed by atoms with Crippen molar-refractivity contribution in [2.24, 2.45) is 0 Å². The number of carbonyl (C=O) groups excluding carboxylic acids is 1. The second kappa shape index (κ2) is 7.27. The molecule has 0 aromatic heterocycles. The van der Waals surface area contributed by atoms with Crippen LogP contribution in [-0.2, 0) is 4.79 Å². The minimum atomic E-state index is 0.150. The molecular weight excluding hydrogens is 232 g/mol. The van der Waals surface area contributed by atoms with E-state index in [1.807, 2.05) is 25.6 Å². The predicted molar refractivity (Wildman–Crippen MR) is 75.5 cm³/mol. The van der Waals surface area contributed by atoms with Gasteiger partial charge in [0.05, 0.1) is 0 Å². The highest BCUT2D eigenvalue weighted by Gasteiger charge is 2.32. The first-order valence-electron chi connectivity index (χ1n) is 6.63. The summed E-state index contributed by atoms with van der Waals surface area (Å²) in [6, 6.07) is 0.245. The van der Waals surface area contributed by atoms with Crippen LogP contribution >= 0.6 is 11.8 Å². The highest BCUT2D eigenvalue weighted by atomic mass is 32.2. The van der Waals surface area contributed by atoms with Crippen LogP contribution < -0.4 is 10.6 Å². The molecule has 1 amide bonds. The molecule has 3 nitrogen and oxygen atoms in total. The quantitative estimate of drug-likeness (QED) is 0.688. The standard InChI is InChI=1S/C13H26N2OS/c1-11(2)15-12(16)6-9-14-10-13(17-3)7-4-5-8-13/h11,14H,4-10H2,1-3H3,(H,15,16). The molecule has 0 unspecified atom stereocenters. The zero-order valence-electron chi connectivity index (χ0n) is 11.3. The maximum atomic E-state index is 11.4. The third-order valence-electron chi connectivity index (χ3n) is 3.37. The minimum Gasteiger partial charge on any atom is -0.354 e.